The summed E-state index contributed by atoms with van der Waals surface area (Å²) < 4.78 is 5.02. The molecule has 1 unspecified atom stereocenters. The van der Waals surface area contributed by atoms with E-state index in [1.54, 1.807) is 0 Å². The van der Waals surface area contributed by atoms with E-state index in [9.17, 15) is 0 Å². The molecule has 0 aromatic rings. The van der Waals surface area contributed by atoms with Crippen LogP contribution in [0.25, 0.3) is 0 Å². The van der Waals surface area contributed by atoms with Gasteiger partial charge in [0.15, 0.2) is 0 Å². The lowest BCUT2D eigenvalue weighted by molar-refractivity contribution is 0.422. The molecule has 0 saturated carbocycles. The average Bonchev–Trinajstić information content (AvgIpc) is 2.17. The summed E-state index contributed by atoms with van der Waals surface area (Å²) in [5, 5.41) is 0. The Labute approximate surface area is 45.1 Å². The normalized spacial score (nSPS) is 27.4. The Morgan fingerprint density at radius 2 is 2.29 bits per heavy atom. The van der Waals surface area contributed by atoms with Crippen molar-refractivity contribution >= 4 is 6.71 Å². The largest absolute Gasteiger partial charge is 0.374 e. The summed E-state index contributed by atoms with van der Waals surface area (Å²) >= 11 is 0. The van der Waals surface area contributed by atoms with Crippen LogP contribution in [0.5, 0.6) is 0 Å². The summed E-state index contributed by atoms with van der Waals surface area (Å²) in [4.78, 5) is 0. The molecule has 0 aromatic carbocycles. The van der Waals surface area contributed by atoms with Crippen LogP contribution in [0.15, 0.2) is 0 Å². The topological polar surface area (TPSA) is 12.5 Å². The van der Waals surface area contributed by atoms with Gasteiger partial charge in [-0.15, -0.1) is 0 Å². The predicted octanol–water partition coefficient (Wildman–Crippen LogP) is 1.14. The van der Waals surface area contributed by atoms with E-state index in [1.807, 2.05) is 0 Å². The third-order valence-electron chi connectivity index (χ3n) is 1.14. The van der Waals surface area contributed by atoms with Gasteiger partial charge < -0.3 is 4.74 Å². The van der Waals surface area contributed by atoms with E-state index in [2.05, 4.69) is 13.6 Å². The van der Waals surface area contributed by atoms with Gasteiger partial charge in [-0.2, -0.15) is 0 Å². The SMILES string of the molecule is CB(C)CC1CO1. The van der Waals surface area contributed by atoms with Crippen LogP contribution in [0.1, 0.15) is 0 Å². The zero-order valence-electron chi connectivity index (χ0n) is 4.98. The fraction of sp³-hybridized carbons (Fsp3) is 1.00. The van der Waals surface area contributed by atoms with E-state index in [0.717, 1.165) is 13.3 Å². The van der Waals surface area contributed by atoms with Gasteiger partial charge in [-0.1, -0.05) is 13.6 Å². The van der Waals surface area contributed by atoms with Crippen molar-refractivity contribution in [2.24, 2.45) is 0 Å². The highest BCUT2D eigenvalue weighted by Gasteiger charge is 2.23. The summed E-state index contributed by atoms with van der Waals surface area (Å²) in [6.07, 6.45) is 1.87. The molecule has 1 nitrogen and oxygen atoms in total. The first-order valence-corrected chi connectivity index (χ1v) is 2.90. The molecule has 1 saturated heterocycles. The van der Waals surface area contributed by atoms with Crippen molar-refractivity contribution in [3.05, 3.63) is 0 Å². The molecule has 2 heteroatoms. The maximum Gasteiger partial charge on any atom is 0.136 e. The number of rotatable bonds is 2. The second kappa shape index (κ2) is 1.87. The molecule has 7 heavy (non-hydrogen) atoms. The second-order valence-electron chi connectivity index (χ2n) is 2.58. The molecule has 0 radical (unpaired) electrons. The van der Waals surface area contributed by atoms with Gasteiger partial charge in [0.05, 0.1) is 12.7 Å². The fourth-order valence-corrected chi connectivity index (χ4v) is 0.730. The Kier molecular flexibility index (Phi) is 1.38. The molecule has 0 spiro atoms. The van der Waals surface area contributed by atoms with E-state index >= 15 is 0 Å². The fourth-order valence-electron chi connectivity index (χ4n) is 0.730. The van der Waals surface area contributed by atoms with Crippen LogP contribution in [0.2, 0.25) is 20.0 Å². The van der Waals surface area contributed by atoms with E-state index in [4.69, 9.17) is 4.74 Å². The monoisotopic (exact) mass is 98.1 g/mol. The molecule has 1 rings (SSSR count). The molecule has 1 aliphatic rings. The first-order valence-electron chi connectivity index (χ1n) is 2.90. The highest BCUT2D eigenvalue weighted by atomic mass is 16.6. The third kappa shape index (κ3) is 1.98. The molecular formula is C5H11BO. The maximum absolute atomic E-state index is 5.02. The van der Waals surface area contributed by atoms with Crippen molar-refractivity contribution < 1.29 is 4.74 Å². The van der Waals surface area contributed by atoms with Crippen LogP contribution in [0.3, 0.4) is 0 Å². The minimum Gasteiger partial charge on any atom is -0.374 e. The molecule has 0 bridgehead atoms. The van der Waals surface area contributed by atoms with Crippen molar-refractivity contribution in [3.63, 3.8) is 0 Å². The van der Waals surface area contributed by atoms with Crippen LogP contribution < -0.4 is 0 Å². The van der Waals surface area contributed by atoms with Gasteiger partial charge in [-0.25, -0.2) is 0 Å². The smallest absolute Gasteiger partial charge is 0.136 e. The van der Waals surface area contributed by atoms with Crippen LogP contribution in [-0.2, 0) is 4.74 Å². The van der Waals surface area contributed by atoms with E-state index in [-0.39, 0.29) is 0 Å². The number of hydrogen-bond acceptors (Lipinski definition) is 1. The Bertz CT molecular complexity index is 59.1. The molecule has 1 aliphatic heterocycles. The quantitative estimate of drug-likeness (QED) is 0.372. The predicted molar refractivity (Wildman–Crippen MR) is 32.0 cm³/mol. The summed E-state index contributed by atoms with van der Waals surface area (Å²) in [6, 6.07) is 0. The van der Waals surface area contributed by atoms with Crippen LogP contribution in [0, 0.1) is 0 Å². The molecule has 1 fully saturated rings. The average molecular weight is 98.0 g/mol. The van der Waals surface area contributed by atoms with Crippen molar-refractivity contribution in [2.75, 3.05) is 6.61 Å². The lowest BCUT2D eigenvalue weighted by Gasteiger charge is -1.91. The van der Waals surface area contributed by atoms with Crippen molar-refractivity contribution in [2.45, 2.75) is 26.1 Å². The van der Waals surface area contributed by atoms with Gasteiger partial charge in [-0.05, 0) is 6.32 Å². The zero-order valence-corrected chi connectivity index (χ0v) is 4.98. The standard InChI is InChI=1S/C5H11BO/c1-6(2)3-5-4-7-5/h5H,3-4H2,1-2H3. The maximum atomic E-state index is 5.02. The van der Waals surface area contributed by atoms with Crippen LogP contribution >= 0.6 is 0 Å². The molecule has 1 heterocycles. The number of ether oxygens (including phenoxy) is 1. The van der Waals surface area contributed by atoms with Crippen molar-refractivity contribution in [1.29, 1.82) is 0 Å². The van der Waals surface area contributed by atoms with E-state index < -0.39 is 0 Å². The summed E-state index contributed by atoms with van der Waals surface area (Å²) in [7, 11) is 0. The molecule has 0 N–H and O–H groups in total. The number of epoxide rings is 1. The van der Waals surface area contributed by atoms with Crippen molar-refractivity contribution in [1.82, 2.24) is 0 Å². The Balaban J connectivity index is 1.97. The summed E-state index contributed by atoms with van der Waals surface area (Å²) in [5.41, 5.74) is 0. The van der Waals surface area contributed by atoms with Gasteiger partial charge in [0.2, 0.25) is 0 Å². The lowest BCUT2D eigenvalue weighted by atomic mass is 9.51. The Morgan fingerprint density at radius 3 is 2.43 bits per heavy atom. The molecule has 0 aliphatic carbocycles. The lowest BCUT2D eigenvalue weighted by Crippen LogP contribution is -2.02. The molecule has 0 aromatic heterocycles. The Hall–Kier alpha value is 0.0249. The third-order valence-corrected chi connectivity index (χ3v) is 1.14. The summed E-state index contributed by atoms with van der Waals surface area (Å²) in [6.45, 7) is 6.27. The highest BCUT2D eigenvalue weighted by molar-refractivity contribution is 6.55. The van der Waals surface area contributed by atoms with Gasteiger partial charge >= 0.3 is 0 Å². The van der Waals surface area contributed by atoms with E-state index in [0.29, 0.717) is 6.10 Å². The molecular weight excluding hydrogens is 86.9 g/mol. The highest BCUT2D eigenvalue weighted by Crippen LogP contribution is 2.15. The van der Waals surface area contributed by atoms with Crippen LogP contribution in [0.4, 0.5) is 0 Å². The van der Waals surface area contributed by atoms with Gasteiger partial charge in [0.25, 0.3) is 0 Å². The van der Waals surface area contributed by atoms with Gasteiger partial charge in [0, 0.05) is 0 Å². The first kappa shape index (κ1) is 5.17. The van der Waals surface area contributed by atoms with Gasteiger partial charge in [0.1, 0.15) is 6.71 Å². The molecule has 40 valence electrons. The minimum absolute atomic E-state index is 0.625. The number of hydrogen-bond donors (Lipinski definition) is 0. The van der Waals surface area contributed by atoms with E-state index in [1.165, 1.54) is 6.32 Å². The minimum atomic E-state index is 0.625. The first-order chi connectivity index (χ1) is 3.29. The van der Waals surface area contributed by atoms with Crippen LogP contribution in [-0.4, -0.2) is 19.4 Å². The van der Waals surface area contributed by atoms with Crippen molar-refractivity contribution in [3.8, 4) is 0 Å². The Morgan fingerprint density at radius 1 is 1.71 bits per heavy atom. The molecule has 1 atom stereocenters. The van der Waals surface area contributed by atoms with Gasteiger partial charge in [-0.3, -0.25) is 0 Å². The molecule has 0 amide bonds. The zero-order chi connectivity index (χ0) is 5.28. The second-order valence-corrected chi connectivity index (χ2v) is 2.58. The summed E-state index contributed by atoms with van der Waals surface area (Å²) in [5.74, 6) is 0.